The molecule has 0 spiro atoms. The summed E-state index contributed by atoms with van der Waals surface area (Å²) in [4.78, 5) is 11.0. The van der Waals surface area contributed by atoms with Crippen LogP contribution >= 0.6 is 0 Å². The molecule has 110 valence electrons. The molecule has 0 saturated heterocycles. The van der Waals surface area contributed by atoms with Crippen LogP contribution in [-0.2, 0) is 4.79 Å². The zero-order valence-electron chi connectivity index (χ0n) is 12.6. The van der Waals surface area contributed by atoms with Gasteiger partial charge in [-0.3, -0.25) is 4.79 Å². The van der Waals surface area contributed by atoms with Crippen LogP contribution < -0.4 is 9.47 Å². The van der Waals surface area contributed by atoms with Gasteiger partial charge in [0.05, 0.1) is 13.7 Å². The smallest absolute Gasteiger partial charge is 0.161 e. The van der Waals surface area contributed by atoms with E-state index in [0.29, 0.717) is 6.61 Å². The molecule has 0 aliphatic rings. The fourth-order valence-corrected chi connectivity index (χ4v) is 1.83. The van der Waals surface area contributed by atoms with E-state index in [0.717, 1.165) is 23.5 Å². The fraction of sp³-hybridized carbons (Fsp3) is 0.471. The Morgan fingerprint density at radius 3 is 2.65 bits per heavy atom. The lowest BCUT2D eigenvalue weighted by molar-refractivity contribution is -0.112. The second kappa shape index (κ2) is 9.18. The lowest BCUT2D eigenvalue weighted by Gasteiger charge is -2.11. The quantitative estimate of drug-likeness (QED) is 0.499. The number of ketones is 1. The highest BCUT2D eigenvalue weighted by Crippen LogP contribution is 2.28. The summed E-state index contributed by atoms with van der Waals surface area (Å²) in [6.45, 7) is 4.41. The third-order valence-electron chi connectivity index (χ3n) is 2.95. The second-order valence-electron chi connectivity index (χ2n) is 4.76. The highest BCUT2D eigenvalue weighted by Gasteiger charge is 2.04. The van der Waals surface area contributed by atoms with E-state index >= 15 is 0 Å². The molecule has 1 aromatic rings. The van der Waals surface area contributed by atoms with E-state index in [2.05, 4.69) is 6.92 Å². The Labute approximate surface area is 121 Å². The summed E-state index contributed by atoms with van der Waals surface area (Å²) in [6, 6.07) is 5.67. The van der Waals surface area contributed by atoms with Gasteiger partial charge in [0.1, 0.15) is 0 Å². The van der Waals surface area contributed by atoms with Crippen molar-refractivity contribution in [3.63, 3.8) is 0 Å². The normalized spacial score (nSPS) is 10.8. The molecule has 1 rings (SSSR count). The third-order valence-corrected chi connectivity index (χ3v) is 2.95. The summed E-state index contributed by atoms with van der Waals surface area (Å²) in [6.07, 6.45) is 8.02. The summed E-state index contributed by atoms with van der Waals surface area (Å²) in [5, 5.41) is 0. The predicted molar refractivity (Wildman–Crippen MR) is 82.3 cm³/mol. The van der Waals surface area contributed by atoms with E-state index in [4.69, 9.17) is 9.47 Å². The van der Waals surface area contributed by atoms with Crippen LogP contribution in [0.2, 0.25) is 0 Å². The van der Waals surface area contributed by atoms with Crippen LogP contribution in [0.5, 0.6) is 11.5 Å². The van der Waals surface area contributed by atoms with Crippen LogP contribution in [0.4, 0.5) is 0 Å². The van der Waals surface area contributed by atoms with Crippen LogP contribution in [0.1, 0.15) is 45.1 Å². The van der Waals surface area contributed by atoms with Gasteiger partial charge < -0.3 is 9.47 Å². The molecule has 0 N–H and O–H groups in total. The molecule has 0 fully saturated rings. The molecular weight excluding hydrogens is 252 g/mol. The molecule has 0 atom stereocenters. The molecular formula is C17H24O3. The van der Waals surface area contributed by atoms with Gasteiger partial charge in [0.25, 0.3) is 0 Å². The Bertz CT molecular complexity index is 450. The summed E-state index contributed by atoms with van der Waals surface area (Å²) in [7, 11) is 1.63. The number of carbonyl (C=O) groups is 1. The summed E-state index contributed by atoms with van der Waals surface area (Å²) in [5.41, 5.74) is 0.935. The molecule has 1 aromatic carbocycles. The van der Waals surface area contributed by atoms with Gasteiger partial charge in [-0.2, -0.15) is 0 Å². The predicted octanol–water partition coefficient (Wildman–Crippen LogP) is 4.26. The van der Waals surface area contributed by atoms with Crippen molar-refractivity contribution in [1.29, 1.82) is 0 Å². The molecule has 0 aliphatic carbocycles. The van der Waals surface area contributed by atoms with Crippen molar-refractivity contribution in [3.05, 3.63) is 29.8 Å². The van der Waals surface area contributed by atoms with E-state index in [1.807, 2.05) is 18.2 Å². The maximum Gasteiger partial charge on any atom is 0.161 e. The number of benzene rings is 1. The van der Waals surface area contributed by atoms with Crippen molar-refractivity contribution in [2.24, 2.45) is 0 Å². The summed E-state index contributed by atoms with van der Waals surface area (Å²) in [5.74, 6) is 1.48. The van der Waals surface area contributed by atoms with Gasteiger partial charge in [0.2, 0.25) is 0 Å². The summed E-state index contributed by atoms with van der Waals surface area (Å²) >= 11 is 0. The zero-order valence-corrected chi connectivity index (χ0v) is 12.6. The molecule has 0 saturated carbocycles. The highest BCUT2D eigenvalue weighted by molar-refractivity contribution is 5.91. The average Bonchev–Trinajstić information content (AvgIpc) is 2.45. The van der Waals surface area contributed by atoms with Gasteiger partial charge in [-0.05, 0) is 37.1 Å². The van der Waals surface area contributed by atoms with Gasteiger partial charge in [-0.1, -0.05) is 38.3 Å². The van der Waals surface area contributed by atoms with Gasteiger partial charge in [-0.15, -0.1) is 0 Å². The minimum Gasteiger partial charge on any atom is -0.493 e. The first-order valence-electron chi connectivity index (χ1n) is 7.17. The standard InChI is InChI=1S/C17H24O3/c1-4-5-6-7-12-20-17-13-15(9-8-14(2)18)10-11-16(17)19-3/h8-11,13H,4-7,12H2,1-3H3/b9-8+. The highest BCUT2D eigenvalue weighted by atomic mass is 16.5. The van der Waals surface area contributed by atoms with Gasteiger partial charge in [-0.25, -0.2) is 0 Å². The molecule has 3 heteroatoms. The maximum atomic E-state index is 11.0. The van der Waals surface area contributed by atoms with Crippen LogP contribution in [0.25, 0.3) is 6.08 Å². The first kappa shape index (κ1) is 16.3. The number of allylic oxidation sites excluding steroid dienone is 1. The second-order valence-corrected chi connectivity index (χ2v) is 4.76. The number of rotatable bonds is 9. The Morgan fingerprint density at radius 1 is 1.20 bits per heavy atom. The molecule has 0 unspecified atom stereocenters. The number of ether oxygens (including phenoxy) is 2. The Balaban J connectivity index is 2.66. The minimum absolute atomic E-state index is 0.0304. The van der Waals surface area contributed by atoms with E-state index in [1.165, 1.54) is 26.2 Å². The third kappa shape index (κ3) is 5.91. The molecule has 3 nitrogen and oxygen atoms in total. The lowest BCUT2D eigenvalue weighted by atomic mass is 10.1. The van der Waals surface area contributed by atoms with Gasteiger partial charge in [0.15, 0.2) is 17.3 Å². The minimum atomic E-state index is 0.0304. The van der Waals surface area contributed by atoms with Crippen LogP contribution in [0.3, 0.4) is 0 Å². The molecule has 0 heterocycles. The van der Waals surface area contributed by atoms with Crippen molar-refractivity contribution in [3.8, 4) is 11.5 Å². The number of carbonyl (C=O) groups excluding carboxylic acids is 1. The lowest BCUT2D eigenvalue weighted by Crippen LogP contribution is -1.99. The largest absolute Gasteiger partial charge is 0.493 e. The molecule has 0 aliphatic heterocycles. The molecule has 0 radical (unpaired) electrons. The monoisotopic (exact) mass is 276 g/mol. The van der Waals surface area contributed by atoms with Crippen molar-refractivity contribution < 1.29 is 14.3 Å². The number of hydrogen-bond acceptors (Lipinski definition) is 3. The van der Waals surface area contributed by atoms with E-state index < -0.39 is 0 Å². The van der Waals surface area contributed by atoms with Gasteiger partial charge >= 0.3 is 0 Å². The van der Waals surface area contributed by atoms with Crippen LogP contribution in [0.15, 0.2) is 24.3 Å². The van der Waals surface area contributed by atoms with Crippen LogP contribution in [-0.4, -0.2) is 19.5 Å². The molecule has 0 amide bonds. The Morgan fingerprint density at radius 2 is 2.00 bits per heavy atom. The SMILES string of the molecule is CCCCCCOc1cc(/C=C/C(C)=O)ccc1OC. The fourth-order valence-electron chi connectivity index (χ4n) is 1.83. The van der Waals surface area contributed by atoms with Crippen molar-refractivity contribution >= 4 is 11.9 Å². The van der Waals surface area contributed by atoms with Crippen molar-refractivity contribution in [2.45, 2.75) is 39.5 Å². The van der Waals surface area contributed by atoms with Crippen molar-refractivity contribution in [1.82, 2.24) is 0 Å². The van der Waals surface area contributed by atoms with E-state index in [9.17, 15) is 4.79 Å². The average molecular weight is 276 g/mol. The number of unbranched alkanes of at least 4 members (excludes halogenated alkanes) is 3. The number of hydrogen-bond donors (Lipinski definition) is 0. The first-order valence-corrected chi connectivity index (χ1v) is 7.17. The van der Waals surface area contributed by atoms with Crippen molar-refractivity contribution in [2.75, 3.05) is 13.7 Å². The topological polar surface area (TPSA) is 35.5 Å². The van der Waals surface area contributed by atoms with Gasteiger partial charge in [0, 0.05) is 0 Å². The maximum absolute atomic E-state index is 11.0. The number of methoxy groups -OCH3 is 1. The van der Waals surface area contributed by atoms with Crippen LogP contribution in [0, 0.1) is 0 Å². The summed E-state index contributed by atoms with van der Waals surface area (Å²) < 4.78 is 11.1. The zero-order chi connectivity index (χ0) is 14.8. The van der Waals surface area contributed by atoms with E-state index in [1.54, 1.807) is 19.3 Å². The molecule has 0 bridgehead atoms. The van der Waals surface area contributed by atoms with E-state index in [-0.39, 0.29) is 5.78 Å². The Hall–Kier alpha value is -1.77. The molecule has 0 aromatic heterocycles. The Kier molecular flexibility index (Phi) is 7.48. The first-order chi connectivity index (χ1) is 9.67. The molecule has 20 heavy (non-hydrogen) atoms.